The molecule has 0 saturated carbocycles. The summed E-state index contributed by atoms with van der Waals surface area (Å²) in [5, 5.41) is 0.998. The lowest BCUT2D eigenvalue weighted by Gasteiger charge is -2.03. The predicted octanol–water partition coefficient (Wildman–Crippen LogP) is 2.38. The monoisotopic (exact) mass is 189 g/mol. The highest BCUT2D eigenvalue weighted by atomic mass is 16.5. The molecular formula is C11H11NO2. The van der Waals surface area contributed by atoms with Gasteiger partial charge in [-0.05, 0) is 25.1 Å². The molecule has 0 fully saturated rings. The lowest BCUT2D eigenvalue weighted by Crippen LogP contribution is -1.93. The van der Waals surface area contributed by atoms with Crippen LogP contribution < -0.4 is 4.74 Å². The molecular weight excluding hydrogens is 178 g/mol. The first-order valence-corrected chi connectivity index (χ1v) is 4.38. The number of carbonyl (C=O) groups is 1. The SMILES string of the molecule is COc1cc(C(C)=O)cc2[nH]ccc12. The molecule has 0 bridgehead atoms. The predicted molar refractivity (Wildman–Crippen MR) is 54.9 cm³/mol. The van der Waals surface area contributed by atoms with Crippen molar-refractivity contribution < 1.29 is 9.53 Å². The molecule has 0 amide bonds. The molecule has 0 aliphatic heterocycles. The molecule has 1 aromatic heterocycles. The minimum Gasteiger partial charge on any atom is -0.496 e. The Morgan fingerprint density at radius 1 is 1.43 bits per heavy atom. The van der Waals surface area contributed by atoms with Gasteiger partial charge in [-0.2, -0.15) is 0 Å². The van der Waals surface area contributed by atoms with Crippen molar-refractivity contribution in [3.8, 4) is 5.75 Å². The van der Waals surface area contributed by atoms with Gasteiger partial charge in [0.25, 0.3) is 0 Å². The van der Waals surface area contributed by atoms with Gasteiger partial charge >= 0.3 is 0 Å². The van der Waals surface area contributed by atoms with Crippen LogP contribution in [0.1, 0.15) is 17.3 Å². The summed E-state index contributed by atoms with van der Waals surface area (Å²) in [6, 6.07) is 5.52. The zero-order chi connectivity index (χ0) is 10.1. The highest BCUT2D eigenvalue weighted by Crippen LogP contribution is 2.26. The Bertz CT molecular complexity index is 485. The third-order valence-electron chi connectivity index (χ3n) is 2.26. The second kappa shape index (κ2) is 3.18. The Labute approximate surface area is 81.7 Å². The van der Waals surface area contributed by atoms with E-state index >= 15 is 0 Å². The summed E-state index contributed by atoms with van der Waals surface area (Å²) in [6.07, 6.45) is 1.83. The normalized spacial score (nSPS) is 10.4. The van der Waals surface area contributed by atoms with Crippen molar-refractivity contribution in [2.45, 2.75) is 6.92 Å². The highest BCUT2D eigenvalue weighted by Gasteiger charge is 2.07. The average Bonchev–Trinajstić information content (AvgIpc) is 2.63. The Morgan fingerprint density at radius 2 is 2.21 bits per heavy atom. The number of Topliss-reactive ketones (excluding diaryl/α,β-unsaturated/α-hetero) is 1. The Morgan fingerprint density at radius 3 is 2.86 bits per heavy atom. The number of hydrogen-bond acceptors (Lipinski definition) is 2. The molecule has 1 N–H and O–H groups in total. The van der Waals surface area contributed by atoms with Crippen LogP contribution in [0.15, 0.2) is 24.4 Å². The third kappa shape index (κ3) is 1.27. The number of methoxy groups -OCH3 is 1. The number of benzene rings is 1. The smallest absolute Gasteiger partial charge is 0.160 e. The standard InChI is InChI=1S/C11H11NO2/c1-7(13)8-5-10-9(3-4-12-10)11(6-8)14-2/h3-6,12H,1-2H3. The maximum atomic E-state index is 11.2. The van der Waals surface area contributed by atoms with Crippen LogP contribution in [0.2, 0.25) is 0 Å². The van der Waals surface area contributed by atoms with Gasteiger partial charge in [0.15, 0.2) is 5.78 Å². The first-order chi connectivity index (χ1) is 6.72. The maximum absolute atomic E-state index is 11.2. The summed E-state index contributed by atoms with van der Waals surface area (Å²) in [4.78, 5) is 14.3. The fourth-order valence-electron chi connectivity index (χ4n) is 1.50. The number of carbonyl (C=O) groups excluding carboxylic acids is 1. The number of H-pyrrole nitrogens is 1. The fourth-order valence-corrected chi connectivity index (χ4v) is 1.50. The van der Waals surface area contributed by atoms with Crippen LogP contribution >= 0.6 is 0 Å². The summed E-state index contributed by atoms with van der Waals surface area (Å²) in [5.74, 6) is 0.772. The lowest BCUT2D eigenvalue weighted by atomic mass is 10.1. The van der Waals surface area contributed by atoms with Crippen LogP contribution in [-0.2, 0) is 0 Å². The van der Waals surface area contributed by atoms with Gasteiger partial charge in [0.05, 0.1) is 7.11 Å². The zero-order valence-electron chi connectivity index (χ0n) is 8.13. The van der Waals surface area contributed by atoms with Gasteiger partial charge < -0.3 is 9.72 Å². The molecule has 2 rings (SSSR count). The van der Waals surface area contributed by atoms with E-state index in [1.54, 1.807) is 20.1 Å². The van der Waals surface area contributed by atoms with Gasteiger partial charge in [-0.3, -0.25) is 4.79 Å². The molecule has 14 heavy (non-hydrogen) atoms. The zero-order valence-corrected chi connectivity index (χ0v) is 8.13. The minimum absolute atomic E-state index is 0.0415. The molecule has 0 saturated heterocycles. The molecule has 0 radical (unpaired) electrons. The lowest BCUT2D eigenvalue weighted by molar-refractivity contribution is 0.101. The number of ketones is 1. The van der Waals surface area contributed by atoms with Crippen LogP contribution in [0.3, 0.4) is 0 Å². The van der Waals surface area contributed by atoms with Gasteiger partial charge in [-0.25, -0.2) is 0 Å². The molecule has 72 valence electrons. The van der Waals surface area contributed by atoms with E-state index < -0.39 is 0 Å². The summed E-state index contributed by atoms with van der Waals surface area (Å²) in [5.41, 5.74) is 1.59. The molecule has 0 spiro atoms. The molecule has 3 heteroatoms. The van der Waals surface area contributed by atoms with E-state index in [-0.39, 0.29) is 5.78 Å². The van der Waals surface area contributed by atoms with E-state index in [1.807, 2.05) is 18.3 Å². The van der Waals surface area contributed by atoms with Crippen LogP contribution in [-0.4, -0.2) is 17.9 Å². The molecule has 2 aromatic rings. The maximum Gasteiger partial charge on any atom is 0.160 e. The van der Waals surface area contributed by atoms with Crippen LogP contribution in [0.25, 0.3) is 10.9 Å². The number of nitrogens with one attached hydrogen (secondary N) is 1. The topological polar surface area (TPSA) is 42.1 Å². The number of ether oxygens (including phenoxy) is 1. The number of fused-ring (bicyclic) bond motifs is 1. The van der Waals surface area contributed by atoms with Gasteiger partial charge in [0.2, 0.25) is 0 Å². The number of hydrogen-bond donors (Lipinski definition) is 1. The van der Waals surface area contributed by atoms with E-state index in [0.717, 1.165) is 16.7 Å². The van der Waals surface area contributed by atoms with Gasteiger partial charge in [0.1, 0.15) is 5.75 Å². The van der Waals surface area contributed by atoms with E-state index in [9.17, 15) is 4.79 Å². The highest BCUT2D eigenvalue weighted by molar-refractivity contribution is 5.99. The summed E-state index contributed by atoms with van der Waals surface area (Å²) in [7, 11) is 1.60. The van der Waals surface area contributed by atoms with Crippen LogP contribution in [0, 0.1) is 0 Å². The van der Waals surface area contributed by atoms with Crippen LogP contribution in [0.4, 0.5) is 0 Å². The van der Waals surface area contributed by atoms with Crippen molar-refractivity contribution in [2.24, 2.45) is 0 Å². The average molecular weight is 189 g/mol. The van der Waals surface area contributed by atoms with Gasteiger partial charge in [-0.1, -0.05) is 0 Å². The fraction of sp³-hybridized carbons (Fsp3) is 0.182. The molecule has 1 heterocycles. The van der Waals surface area contributed by atoms with E-state index in [4.69, 9.17) is 4.74 Å². The molecule has 0 aliphatic rings. The van der Waals surface area contributed by atoms with Crippen molar-refractivity contribution in [1.82, 2.24) is 4.98 Å². The first kappa shape index (κ1) is 8.81. The Kier molecular flexibility index (Phi) is 2.00. The van der Waals surface area contributed by atoms with Crippen molar-refractivity contribution in [1.29, 1.82) is 0 Å². The largest absolute Gasteiger partial charge is 0.496 e. The van der Waals surface area contributed by atoms with Gasteiger partial charge in [-0.15, -0.1) is 0 Å². The Hall–Kier alpha value is -1.77. The van der Waals surface area contributed by atoms with Crippen molar-refractivity contribution in [3.05, 3.63) is 30.0 Å². The molecule has 3 nitrogen and oxygen atoms in total. The number of aromatic amines is 1. The van der Waals surface area contributed by atoms with E-state index in [1.165, 1.54) is 0 Å². The Balaban J connectivity index is 2.73. The molecule has 1 aromatic carbocycles. The third-order valence-corrected chi connectivity index (χ3v) is 2.26. The van der Waals surface area contributed by atoms with Crippen LogP contribution in [0.5, 0.6) is 5.75 Å². The number of rotatable bonds is 2. The second-order valence-electron chi connectivity index (χ2n) is 3.17. The van der Waals surface area contributed by atoms with Gasteiger partial charge in [0, 0.05) is 22.7 Å². The van der Waals surface area contributed by atoms with E-state index in [2.05, 4.69) is 4.98 Å². The molecule has 0 unspecified atom stereocenters. The van der Waals surface area contributed by atoms with Crippen molar-refractivity contribution >= 4 is 16.7 Å². The minimum atomic E-state index is 0.0415. The summed E-state index contributed by atoms with van der Waals surface area (Å²) in [6.45, 7) is 1.55. The number of aromatic nitrogens is 1. The van der Waals surface area contributed by atoms with E-state index in [0.29, 0.717) is 5.56 Å². The quantitative estimate of drug-likeness (QED) is 0.737. The van der Waals surface area contributed by atoms with Crippen molar-refractivity contribution in [2.75, 3.05) is 7.11 Å². The summed E-state index contributed by atoms with van der Waals surface area (Å²) >= 11 is 0. The summed E-state index contributed by atoms with van der Waals surface area (Å²) < 4.78 is 5.20. The molecule has 0 aliphatic carbocycles. The first-order valence-electron chi connectivity index (χ1n) is 4.38. The van der Waals surface area contributed by atoms with Crippen molar-refractivity contribution in [3.63, 3.8) is 0 Å². The molecule has 0 atom stereocenters. The second-order valence-corrected chi connectivity index (χ2v) is 3.17.